The maximum atomic E-state index is 11.5. The second-order valence-electron chi connectivity index (χ2n) is 5.32. The van der Waals surface area contributed by atoms with Gasteiger partial charge in [-0.25, -0.2) is 4.79 Å². The van der Waals surface area contributed by atoms with Crippen LogP contribution >= 0.6 is 0 Å². The third-order valence-corrected chi connectivity index (χ3v) is 2.46. The lowest BCUT2D eigenvalue weighted by Crippen LogP contribution is -2.32. The summed E-state index contributed by atoms with van der Waals surface area (Å²) in [6.45, 7) is 7.99. The van der Waals surface area contributed by atoms with Crippen molar-refractivity contribution in [2.24, 2.45) is 0 Å². The number of ether oxygens (including phenoxy) is 1. The van der Waals surface area contributed by atoms with E-state index in [1.807, 2.05) is 45.9 Å². The summed E-state index contributed by atoms with van der Waals surface area (Å²) < 4.78 is 5.17. The quantitative estimate of drug-likeness (QED) is 0.831. The Hall–Kier alpha value is -1.45. The Balaban J connectivity index is 2.56. The van der Waals surface area contributed by atoms with Gasteiger partial charge < -0.3 is 10.1 Å². The number of carbonyl (C=O) groups excluding carboxylic acids is 1. The van der Waals surface area contributed by atoms with Crippen LogP contribution < -0.4 is 5.32 Å². The highest BCUT2D eigenvalue weighted by Crippen LogP contribution is 2.12. The Morgan fingerprint density at radius 3 is 2.56 bits per heavy atom. The van der Waals surface area contributed by atoms with Crippen LogP contribution in [0.25, 0.3) is 0 Å². The molecule has 18 heavy (non-hydrogen) atoms. The molecule has 0 atom stereocenters. The molecular weight excluding hydrogens is 225 g/mol. The summed E-state index contributed by atoms with van der Waals surface area (Å²) in [7, 11) is 5.57. The number of aryl methyl sites for hydroxylation is 1. The smallest absolute Gasteiger partial charge is 0.407 e. The van der Waals surface area contributed by atoms with Crippen LogP contribution in [-0.4, -0.2) is 19.5 Å². The first-order valence-corrected chi connectivity index (χ1v) is 6.07. The third-order valence-electron chi connectivity index (χ3n) is 2.46. The van der Waals surface area contributed by atoms with Crippen molar-refractivity contribution in [3.05, 3.63) is 34.9 Å². The second kappa shape index (κ2) is 5.94. The van der Waals surface area contributed by atoms with Gasteiger partial charge in [0.1, 0.15) is 5.60 Å². The number of alkyl carbamates (subject to hydrolysis) is 1. The predicted octanol–water partition coefficient (Wildman–Crippen LogP) is 2.69. The summed E-state index contributed by atoms with van der Waals surface area (Å²) in [5.41, 5.74) is 2.81. The van der Waals surface area contributed by atoms with Crippen molar-refractivity contribution in [3.63, 3.8) is 0 Å². The molecule has 1 amide bonds. The predicted molar refractivity (Wildman–Crippen MR) is 73.7 cm³/mol. The fraction of sp³-hybridized carbons (Fsp3) is 0.500. The molecule has 4 heteroatoms. The third kappa shape index (κ3) is 4.82. The van der Waals surface area contributed by atoms with Crippen molar-refractivity contribution in [2.45, 2.75) is 46.2 Å². The van der Waals surface area contributed by atoms with Gasteiger partial charge in [0.15, 0.2) is 0 Å². The molecule has 0 aromatic heterocycles. The molecule has 0 unspecified atom stereocenters. The van der Waals surface area contributed by atoms with Crippen LogP contribution in [0.3, 0.4) is 0 Å². The fourth-order valence-corrected chi connectivity index (χ4v) is 1.56. The Kier molecular flexibility index (Phi) is 4.82. The van der Waals surface area contributed by atoms with Gasteiger partial charge in [-0.15, -0.1) is 0 Å². The minimum absolute atomic E-state index is 0.398. The van der Waals surface area contributed by atoms with Crippen LogP contribution in [0.5, 0.6) is 0 Å². The number of carbonyl (C=O) groups is 1. The van der Waals surface area contributed by atoms with Crippen molar-refractivity contribution in [1.29, 1.82) is 0 Å². The maximum absolute atomic E-state index is 11.5. The average Bonchev–Trinajstić information content (AvgIpc) is 2.25. The molecule has 0 saturated carbocycles. The molecule has 0 fully saturated rings. The zero-order valence-corrected chi connectivity index (χ0v) is 11.5. The lowest BCUT2D eigenvalue weighted by molar-refractivity contribution is 0.0523. The fourth-order valence-electron chi connectivity index (χ4n) is 1.56. The molecule has 0 aliphatic carbocycles. The Morgan fingerprint density at radius 2 is 2.06 bits per heavy atom. The molecule has 96 valence electrons. The van der Waals surface area contributed by atoms with Crippen LogP contribution in [0.15, 0.2) is 18.2 Å². The van der Waals surface area contributed by atoms with Crippen molar-refractivity contribution >= 4 is 13.9 Å². The van der Waals surface area contributed by atoms with Gasteiger partial charge in [0.05, 0.1) is 7.85 Å². The summed E-state index contributed by atoms with van der Waals surface area (Å²) in [5.74, 6) is 0. The number of nitrogens with one attached hydrogen (secondary N) is 1. The topological polar surface area (TPSA) is 38.3 Å². The van der Waals surface area contributed by atoms with E-state index in [0.29, 0.717) is 12.9 Å². The van der Waals surface area contributed by atoms with E-state index in [1.54, 1.807) is 0 Å². The molecule has 0 bridgehead atoms. The highest BCUT2D eigenvalue weighted by atomic mass is 16.6. The van der Waals surface area contributed by atoms with Crippen LogP contribution in [0.4, 0.5) is 4.79 Å². The van der Waals surface area contributed by atoms with Gasteiger partial charge in [-0.3, -0.25) is 0 Å². The summed E-state index contributed by atoms with van der Waals surface area (Å²) in [4.78, 5) is 11.5. The molecule has 0 heterocycles. The summed E-state index contributed by atoms with van der Waals surface area (Å²) in [6.07, 6.45) is 0.130. The van der Waals surface area contributed by atoms with E-state index in [1.165, 1.54) is 0 Å². The molecule has 1 rings (SSSR count). The summed E-state index contributed by atoms with van der Waals surface area (Å²) in [5, 5.41) is 2.74. The van der Waals surface area contributed by atoms with Crippen molar-refractivity contribution in [3.8, 4) is 0 Å². The first kappa shape index (κ1) is 14.6. The van der Waals surface area contributed by atoms with E-state index in [9.17, 15) is 4.79 Å². The molecule has 2 radical (unpaired) electrons. The van der Waals surface area contributed by atoms with E-state index >= 15 is 0 Å². The molecule has 0 saturated heterocycles. The number of hydrogen-bond acceptors (Lipinski definition) is 2. The maximum Gasteiger partial charge on any atom is 0.407 e. The summed E-state index contributed by atoms with van der Waals surface area (Å²) in [6, 6.07) is 5.99. The van der Waals surface area contributed by atoms with E-state index in [-0.39, 0.29) is 0 Å². The summed E-state index contributed by atoms with van der Waals surface area (Å²) >= 11 is 0. The molecule has 3 nitrogen and oxygen atoms in total. The zero-order valence-electron chi connectivity index (χ0n) is 11.5. The minimum atomic E-state index is -0.470. The van der Waals surface area contributed by atoms with Gasteiger partial charge in [-0.05, 0) is 38.8 Å². The number of amides is 1. The highest BCUT2D eigenvalue weighted by Gasteiger charge is 2.15. The Labute approximate surface area is 110 Å². The van der Waals surface area contributed by atoms with E-state index in [0.717, 1.165) is 16.7 Å². The van der Waals surface area contributed by atoms with Crippen LogP contribution in [0.1, 0.15) is 37.5 Å². The highest BCUT2D eigenvalue weighted by molar-refractivity contribution is 6.08. The number of hydrogen-bond donors (Lipinski definition) is 1. The van der Waals surface area contributed by atoms with Gasteiger partial charge in [0, 0.05) is 6.54 Å². The normalized spacial score (nSPS) is 11.1. The Bertz CT molecular complexity index is 424. The lowest BCUT2D eigenvalue weighted by atomic mass is 9.94. The zero-order chi connectivity index (χ0) is 13.8. The van der Waals surface area contributed by atoms with Crippen LogP contribution in [-0.2, 0) is 17.6 Å². The van der Waals surface area contributed by atoms with Crippen molar-refractivity contribution in [1.82, 2.24) is 5.32 Å². The molecule has 0 aliphatic rings. The van der Waals surface area contributed by atoms with Gasteiger partial charge >= 0.3 is 6.09 Å². The monoisotopic (exact) mass is 245 g/mol. The number of rotatable bonds is 3. The Morgan fingerprint density at radius 1 is 1.39 bits per heavy atom. The molecule has 1 N–H and O–H groups in total. The first-order valence-electron chi connectivity index (χ1n) is 6.07. The number of benzene rings is 1. The van der Waals surface area contributed by atoms with Gasteiger partial charge in [-0.1, -0.05) is 30.1 Å². The first-order chi connectivity index (χ1) is 8.31. The molecule has 1 aromatic carbocycles. The van der Waals surface area contributed by atoms with Crippen molar-refractivity contribution < 1.29 is 9.53 Å². The minimum Gasteiger partial charge on any atom is -0.444 e. The van der Waals surface area contributed by atoms with E-state index in [2.05, 4.69) is 5.32 Å². The van der Waals surface area contributed by atoms with Gasteiger partial charge in [0.2, 0.25) is 0 Å². The molecule has 0 aliphatic heterocycles. The molecular formula is C14H20BNO2. The SMILES string of the molecule is [B]Cc1ccc(CNC(=O)OC(C)(C)C)c(C)c1. The van der Waals surface area contributed by atoms with Crippen molar-refractivity contribution in [2.75, 3.05) is 0 Å². The average molecular weight is 245 g/mol. The van der Waals surface area contributed by atoms with Crippen LogP contribution in [0.2, 0.25) is 0 Å². The molecule has 1 aromatic rings. The van der Waals surface area contributed by atoms with E-state index < -0.39 is 11.7 Å². The lowest BCUT2D eigenvalue weighted by Gasteiger charge is -2.20. The largest absolute Gasteiger partial charge is 0.444 e. The molecule has 0 spiro atoms. The van der Waals surface area contributed by atoms with Gasteiger partial charge in [-0.2, -0.15) is 0 Å². The second-order valence-corrected chi connectivity index (χ2v) is 5.32. The standard InChI is InChI=1S/C14H20BNO2/c1-10-7-11(8-15)5-6-12(10)9-16-13(17)18-14(2,3)4/h5-7H,8-9H2,1-4H3,(H,16,17). The van der Waals surface area contributed by atoms with E-state index in [4.69, 9.17) is 12.6 Å². The van der Waals surface area contributed by atoms with Crippen LogP contribution in [0, 0.1) is 6.92 Å². The van der Waals surface area contributed by atoms with Gasteiger partial charge in [0.25, 0.3) is 0 Å².